The number of morpholine rings is 1. The number of benzene rings is 1. The molecule has 27 heavy (non-hydrogen) atoms. The maximum Gasteiger partial charge on any atom is 0.262 e. The molecule has 0 spiro atoms. The van der Waals surface area contributed by atoms with Crippen molar-refractivity contribution in [1.82, 2.24) is 9.62 Å². The van der Waals surface area contributed by atoms with Gasteiger partial charge in [0.25, 0.3) is 5.91 Å². The second-order valence-electron chi connectivity index (χ2n) is 5.86. The number of carbonyl (C=O) groups is 1. The lowest BCUT2D eigenvalue weighted by Crippen LogP contribution is -2.41. The van der Waals surface area contributed by atoms with Crippen LogP contribution in [0.2, 0.25) is 0 Å². The molecule has 3 N–H and O–H groups in total. The van der Waals surface area contributed by atoms with Crippen LogP contribution in [0.1, 0.15) is 21.3 Å². The number of ether oxygens (including phenoxy) is 1. The van der Waals surface area contributed by atoms with Crippen molar-refractivity contribution >= 4 is 39.7 Å². The highest BCUT2D eigenvalue weighted by Crippen LogP contribution is 2.26. The van der Waals surface area contributed by atoms with Crippen LogP contribution in [0.4, 0.5) is 0 Å². The van der Waals surface area contributed by atoms with E-state index in [4.69, 9.17) is 10.5 Å². The first-order chi connectivity index (χ1) is 12.5. The monoisotopic (exact) mass is 431 g/mol. The van der Waals surface area contributed by atoms with Crippen LogP contribution in [0.25, 0.3) is 0 Å². The number of hydrogen-bond donors (Lipinski definition) is 2. The standard InChI is InChI=1S/C17H21N3O4S2.ClH/c18-14(13-4-2-1-3-5-13)12-19-17(21)16-15(6-11-25-16)26(22,23)20-7-9-24-10-8-20;/h1-6,11,14H,7-10,12,18H2,(H,19,21);1H. The average Bonchev–Trinajstić information content (AvgIpc) is 3.18. The molecular weight excluding hydrogens is 410 g/mol. The predicted molar refractivity (Wildman–Crippen MR) is 107 cm³/mol. The summed E-state index contributed by atoms with van der Waals surface area (Å²) in [5.74, 6) is -0.432. The van der Waals surface area contributed by atoms with Crippen molar-refractivity contribution in [2.45, 2.75) is 10.9 Å². The lowest BCUT2D eigenvalue weighted by molar-refractivity contribution is 0.0730. The van der Waals surface area contributed by atoms with Crippen LogP contribution < -0.4 is 11.1 Å². The molecule has 1 aliphatic heterocycles. The molecule has 7 nitrogen and oxygen atoms in total. The molecule has 1 aliphatic rings. The highest BCUT2D eigenvalue weighted by atomic mass is 35.5. The zero-order valence-corrected chi connectivity index (χ0v) is 17.0. The summed E-state index contributed by atoms with van der Waals surface area (Å²) in [7, 11) is -3.71. The van der Waals surface area contributed by atoms with Crippen LogP contribution in [0.15, 0.2) is 46.7 Å². The van der Waals surface area contributed by atoms with Gasteiger partial charge in [-0.2, -0.15) is 4.31 Å². The fourth-order valence-electron chi connectivity index (χ4n) is 2.69. The van der Waals surface area contributed by atoms with Gasteiger partial charge in [0.2, 0.25) is 10.0 Å². The molecule has 2 heterocycles. The first kappa shape index (κ1) is 21.8. The van der Waals surface area contributed by atoms with E-state index >= 15 is 0 Å². The minimum atomic E-state index is -3.71. The maximum atomic E-state index is 12.8. The molecule has 1 amide bonds. The van der Waals surface area contributed by atoms with Gasteiger partial charge in [0.15, 0.2) is 0 Å². The van der Waals surface area contributed by atoms with Crippen molar-refractivity contribution < 1.29 is 17.9 Å². The van der Waals surface area contributed by atoms with Gasteiger partial charge >= 0.3 is 0 Å². The van der Waals surface area contributed by atoms with Gasteiger partial charge in [-0.05, 0) is 17.0 Å². The SMILES string of the molecule is Cl.NC(CNC(=O)c1sccc1S(=O)(=O)N1CCOCC1)c1ccccc1. The van der Waals surface area contributed by atoms with E-state index in [1.807, 2.05) is 30.3 Å². The lowest BCUT2D eigenvalue weighted by atomic mass is 10.1. The predicted octanol–water partition coefficient (Wildman–Crippen LogP) is 1.62. The Morgan fingerprint density at radius 2 is 1.89 bits per heavy atom. The third-order valence-corrected chi connectivity index (χ3v) is 7.12. The van der Waals surface area contributed by atoms with E-state index in [1.165, 1.54) is 10.4 Å². The molecular formula is C17H22ClN3O4S2. The van der Waals surface area contributed by atoms with Gasteiger partial charge in [-0.25, -0.2) is 8.42 Å². The molecule has 0 bridgehead atoms. The van der Waals surface area contributed by atoms with E-state index in [0.717, 1.165) is 16.9 Å². The third-order valence-electron chi connectivity index (χ3n) is 4.13. The third kappa shape index (κ3) is 5.07. The number of rotatable bonds is 6. The molecule has 0 radical (unpaired) electrons. The topological polar surface area (TPSA) is 102 Å². The number of nitrogens with zero attached hydrogens (tertiary/aromatic N) is 1. The zero-order chi connectivity index (χ0) is 18.6. The van der Waals surface area contributed by atoms with Crippen molar-refractivity contribution in [1.29, 1.82) is 0 Å². The van der Waals surface area contributed by atoms with Gasteiger partial charge in [-0.1, -0.05) is 30.3 Å². The van der Waals surface area contributed by atoms with E-state index in [-0.39, 0.29) is 47.9 Å². The van der Waals surface area contributed by atoms with Crippen LogP contribution in [0, 0.1) is 0 Å². The summed E-state index contributed by atoms with van der Waals surface area (Å²) in [6, 6.07) is 10.5. The number of nitrogens with one attached hydrogen (secondary N) is 1. The van der Waals surface area contributed by atoms with Crippen LogP contribution in [-0.2, 0) is 14.8 Å². The highest BCUT2D eigenvalue weighted by Gasteiger charge is 2.31. The second kappa shape index (κ2) is 9.63. The van der Waals surface area contributed by atoms with Crippen molar-refractivity contribution in [2.75, 3.05) is 32.8 Å². The van der Waals surface area contributed by atoms with Gasteiger partial charge < -0.3 is 15.8 Å². The molecule has 0 saturated carbocycles. The summed E-state index contributed by atoms with van der Waals surface area (Å²) in [6.45, 7) is 1.52. The summed E-state index contributed by atoms with van der Waals surface area (Å²) in [5.41, 5.74) is 6.99. The minimum absolute atomic E-state index is 0. The second-order valence-corrected chi connectivity index (χ2v) is 8.68. The molecule has 10 heteroatoms. The fraction of sp³-hybridized carbons (Fsp3) is 0.353. The number of halogens is 1. The molecule has 148 valence electrons. The molecule has 1 aromatic carbocycles. The Morgan fingerprint density at radius 3 is 2.56 bits per heavy atom. The number of carbonyl (C=O) groups excluding carboxylic acids is 1. The first-order valence-electron chi connectivity index (χ1n) is 8.24. The number of thiophene rings is 1. The lowest BCUT2D eigenvalue weighted by Gasteiger charge is -2.26. The molecule has 0 aliphatic carbocycles. The Morgan fingerprint density at radius 1 is 1.22 bits per heavy atom. The maximum absolute atomic E-state index is 12.8. The van der Waals surface area contributed by atoms with Crippen LogP contribution in [0.3, 0.4) is 0 Å². The van der Waals surface area contributed by atoms with Crippen molar-refractivity contribution in [3.63, 3.8) is 0 Å². The number of hydrogen-bond acceptors (Lipinski definition) is 6. The minimum Gasteiger partial charge on any atom is -0.379 e. The largest absolute Gasteiger partial charge is 0.379 e. The van der Waals surface area contributed by atoms with E-state index in [2.05, 4.69) is 5.32 Å². The van der Waals surface area contributed by atoms with E-state index in [1.54, 1.807) is 5.38 Å². The first-order valence-corrected chi connectivity index (χ1v) is 10.6. The van der Waals surface area contributed by atoms with Crippen molar-refractivity contribution in [3.05, 3.63) is 52.2 Å². The fourth-order valence-corrected chi connectivity index (χ4v) is 5.42. The quantitative estimate of drug-likeness (QED) is 0.723. The summed E-state index contributed by atoms with van der Waals surface area (Å²) < 4.78 is 32.2. The smallest absolute Gasteiger partial charge is 0.262 e. The number of amides is 1. The van der Waals surface area contributed by atoms with E-state index in [0.29, 0.717) is 13.2 Å². The molecule has 1 aromatic heterocycles. The average molecular weight is 432 g/mol. The molecule has 1 saturated heterocycles. The Hall–Kier alpha value is -1.49. The van der Waals surface area contributed by atoms with Crippen molar-refractivity contribution in [3.8, 4) is 0 Å². The van der Waals surface area contributed by atoms with Gasteiger partial charge in [0, 0.05) is 25.7 Å². The normalized spacial score (nSPS) is 16.3. The van der Waals surface area contributed by atoms with Crippen LogP contribution in [-0.4, -0.2) is 51.5 Å². The summed E-state index contributed by atoms with van der Waals surface area (Å²) in [5, 5.41) is 4.35. The number of nitrogens with two attached hydrogens (primary N) is 1. The van der Waals surface area contributed by atoms with Gasteiger partial charge in [0.05, 0.1) is 13.2 Å². The van der Waals surface area contributed by atoms with Crippen LogP contribution >= 0.6 is 23.7 Å². The van der Waals surface area contributed by atoms with Crippen molar-refractivity contribution in [2.24, 2.45) is 5.73 Å². The summed E-state index contributed by atoms with van der Waals surface area (Å²) in [4.78, 5) is 12.7. The molecule has 1 atom stereocenters. The Kier molecular flexibility index (Phi) is 7.78. The zero-order valence-electron chi connectivity index (χ0n) is 14.5. The van der Waals surface area contributed by atoms with E-state index in [9.17, 15) is 13.2 Å². The number of sulfonamides is 1. The van der Waals surface area contributed by atoms with Gasteiger partial charge in [-0.3, -0.25) is 4.79 Å². The Labute approximate surface area is 169 Å². The van der Waals surface area contributed by atoms with Gasteiger partial charge in [-0.15, -0.1) is 23.7 Å². The molecule has 1 fully saturated rings. The Bertz CT molecular complexity index is 852. The van der Waals surface area contributed by atoms with Gasteiger partial charge in [0.1, 0.15) is 9.77 Å². The Balaban J connectivity index is 0.00000261. The summed E-state index contributed by atoms with van der Waals surface area (Å²) in [6.07, 6.45) is 0. The van der Waals surface area contributed by atoms with Crippen LogP contribution in [0.5, 0.6) is 0 Å². The molecule has 3 rings (SSSR count). The molecule has 1 unspecified atom stereocenters. The van der Waals surface area contributed by atoms with E-state index < -0.39 is 15.9 Å². The molecule has 2 aromatic rings. The highest BCUT2D eigenvalue weighted by molar-refractivity contribution is 7.89. The summed E-state index contributed by atoms with van der Waals surface area (Å²) >= 11 is 1.11.